The first-order valence-electron chi connectivity index (χ1n) is 5.81. The Morgan fingerprint density at radius 3 is 2.80 bits per heavy atom. The van der Waals surface area contributed by atoms with E-state index >= 15 is 0 Å². The normalized spacial score (nSPS) is 22.3. The molecule has 0 aromatic carbocycles. The van der Waals surface area contributed by atoms with E-state index in [0.717, 1.165) is 43.7 Å². The number of aliphatic hydroxyl groups is 1. The standard InChI is InChI=1S/C12H23NOS/c1-3-4-5-11(2)13-10-12(14)6-8-15-9-7-12/h3,11,13-14H,1,4-10H2,2H3. The summed E-state index contributed by atoms with van der Waals surface area (Å²) in [7, 11) is 0. The van der Waals surface area contributed by atoms with E-state index in [2.05, 4.69) is 18.8 Å². The molecule has 0 radical (unpaired) electrons. The van der Waals surface area contributed by atoms with Gasteiger partial charge in [0.2, 0.25) is 0 Å². The maximum absolute atomic E-state index is 10.2. The van der Waals surface area contributed by atoms with Gasteiger partial charge in [0.15, 0.2) is 0 Å². The summed E-state index contributed by atoms with van der Waals surface area (Å²) in [5, 5.41) is 13.7. The fourth-order valence-corrected chi connectivity index (χ4v) is 3.01. The predicted octanol–water partition coefficient (Wildman–Crippen LogP) is 2.19. The van der Waals surface area contributed by atoms with Crippen molar-refractivity contribution in [3.8, 4) is 0 Å². The van der Waals surface area contributed by atoms with Gasteiger partial charge in [-0.15, -0.1) is 6.58 Å². The van der Waals surface area contributed by atoms with Crippen LogP contribution < -0.4 is 5.32 Å². The molecule has 1 atom stereocenters. The summed E-state index contributed by atoms with van der Waals surface area (Å²) in [6.07, 6.45) is 5.96. The Kier molecular flexibility index (Phi) is 5.72. The summed E-state index contributed by atoms with van der Waals surface area (Å²) >= 11 is 1.94. The van der Waals surface area contributed by atoms with Crippen LogP contribution in [0.4, 0.5) is 0 Å². The van der Waals surface area contributed by atoms with Crippen LogP contribution in [0.15, 0.2) is 12.7 Å². The SMILES string of the molecule is C=CCCC(C)NCC1(O)CCSCC1. The van der Waals surface area contributed by atoms with Gasteiger partial charge in [0.05, 0.1) is 5.60 Å². The second-order valence-electron chi connectivity index (χ2n) is 4.48. The molecular weight excluding hydrogens is 206 g/mol. The maximum atomic E-state index is 10.2. The third-order valence-electron chi connectivity index (χ3n) is 3.01. The van der Waals surface area contributed by atoms with Crippen molar-refractivity contribution in [1.82, 2.24) is 5.32 Å². The van der Waals surface area contributed by atoms with Crippen LogP contribution in [0.5, 0.6) is 0 Å². The number of nitrogens with one attached hydrogen (secondary N) is 1. The lowest BCUT2D eigenvalue weighted by molar-refractivity contribution is 0.0299. The van der Waals surface area contributed by atoms with Gasteiger partial charge in [-0.1, -0.05) is 6.08 Å². The van der Waals surface area contributed by atoms with Gasteiger partial charge in [0.1, 0.15) is 0 Å². The van der Waals surface area contributed by atoms with E-state index in [1.807, 2.05) is 17.8 Å². The van der Waals surface area contributed by atoms with Gasteiger partial charge in [-0.3, -0.25) is 0 Å². The van der Waals surface area contributed by atoms with E-state index in [-0.39, 0.29) is 0 Å². The summed E-state index contributed by atoms with van der Waals surface area (Å²) < 4.78 is 0. The first-order valence-corrected chi connectivity index (χ1v) is 6.96. The van der Waals surface area contributed by atoms with E-state index in [1.54, 1.807) is 0 Å². The fraction of sp³-hybridized carbons (Fsp3) is 0.833. The van der Waals surface area contributed by atoms with Crippen LogP contribution in [0.2, 0.25) is 0 Å². The van der Waals surface area contributed by atoms with Gasteiger partial charge in [-0.2, -0.15) is 11.8 Å². The Morgan fingerprint density at radius 1 is 1.53 bits per heavy atom. The van der Waals surface area contributed by atoms with Crippen LogP contribution in [0.3, 0.4) is 0 Å². The van der Waals surface area contributed by atoms with Crippen molar-refractivity contribution in [2.45, 2.75) is 44.2 Å². The van der Waals surface area contributed by atoms with E-state index in [1.165, 1.54) is 0 Å². The quantitative estimate of drug-likeness (QED) is 0.685. The zero-order valence-electron chi connectivity index (χ0n) is 9.67. The van der Waals surface area contributed by atoms with E-state index < -0.39 is 5.60 Å². The minimum absolute atomic E-state index is 0.451. The van der Waals surface area contributed by atoms with Crippen LogP contribution in [0.1, 0.15) is 32.6 Å². The van der Waals surface area contributed by atoms with E-state index in [0.29, 0.717) is 6.04 Å². The number of rotatable bonds is 6. The number of hydrogen-bond acceptors (Lipinski definition) is 3. The summed E-state index contributed by atoms with van der Waals surface area (Å²) in [6.45, 7) is 6.63. The molecule has 0 aliphatic carbocycles. The van der Waals surface area contributed by atoms with Crippen molar-refractivity contribution in [2.75, 3.05) is 18.1 Å². The molecule has 1 aliphatic rings. The van der Waals surface area contributed by atoms with E-state index in [4.69, 9.17) is 0 Å². The monoisotopic (exact) mass is 229 g/mol. The van der Waals surface area contributed by atoms with Crippen LogP contribution >= 0.6 is 11.8 Å². The van der Waals surface area contributed by atoms with Gasteiger partial charge in [-0.05, 0) is 44.1 Å². The first kappa shape index (κ1) is 13.1. The van der Waals surface area contributed by atoms with Crippen molar-refractivity contribution in [3.63, 3.8) is 0 Å². The molecule has 3 heteroatoms. The smallest absolute Gasteiger partial charge is 0.0787 e. The van der Waals surface area contributed by atoms with Gasteiger partial charge in [0.25, 0.3) is 0 Å². The highest BCUT2D eigenvalue weighted by molar-refractivity contribution is 7.99. The fourth-order valence-electron chi connectivity index (χ4n) is 1.76. The summed E-state index contributed by atoms with van der Waals surface area (Å²) in [6, 6.07) is 0.474. The molecule has 0 aromatic heterocycles. The van der Waals surface area contributed by atoms with E-state index in [9.17, 15) is 5.11 Å². The minimum Gasteiger partial charge on any atom is -0.389 e. The molecule has 0 saturated carbocycles. The highest BCUT2D eigenvalue weighted by Crippen LogP contribution is 2.26. The molecule has 88 valence electrons. The molecule has 1 aliphatic heterocycles. The average Bonchev–Trinajstić information content (AvgIpc) is 2.25. The van der Waals surface area contributed by atoms with Crippen LogP contribution in [0.25, 0.3) is 0 Å². The molecule has 0 amide bonds. The molecule has 2 N–H and O–H groups in total. The number of thioether (sulfide) groups is 1. The summed E-state index contributed by atoms with van der Waals surface area (Å²) in [5.41, 5.74) is -0.451. The Bertz CT molecular complexity index is 190. The third-order valence-corrected chi connectivity index (χ3v) is 3.99. The lowest BCUT2D eigenvalue weighted by Crippen LogP contribution is -2.45. The molecule has 1 fully saturated rings. The second kappa shape index (κ2) is 6.56. The lowest BCUT2D eigenvalue weighted by Gasteiger charge is -2.33. The van der Waals surface area contributed by atoms with Gasteiger partial charge in [0, 0.05) is 12.6 Å². The minimum atomic E-state index is -0.451. The Labute approximate surface area is 97.5 Å². The average molecular weight is 229 g/mol. The Morgan fingerprint density at radius 2 is 2.20 bits per heavy atom. The summed E-state index contributed by atoms with van der Waals surface area (Å²) in [5.74, 6) is 2.19. The van der Waals surface area contributed by atoms with Crippen LogP contribution in [-0.2, 0) is 0 Å². The second-order valence-corrected chi connectivity index (χ2v) is 5.71. The Balaban J connectivity index is 2.19. The lowest BCUT2D eigenvalue weighted by atomic mass is 9.96. The highest BCUT2D eigenvalue weighted by atomic mass is 32.2. The zero-order chi connectivity index (χ0) is 11.1. The molecule has 2 nitrogen and oxygen atoms in total. The van der Waals surface area contributed by atoms with Crippen molar-refractivity contribution in [1.29, 1.82) is 0 Å². The first-order chi connectivity index (χ1) is 7.16. The topological polar surface area (TPSA) is 32.3 Å². The summed E-state index contributed by atoms with van der Waals surface area (Å²) in [4.78, 5) is 0. The zero-order valence-corrected chi connectivity index (χ0v) is 10.5. The molecule has 0 aromatic rings. The largest absolute Gasteiger partial charge is 0.389 e. The number of hydrogen-bond donors (Lipinski definition) is 2. The molecule has 1 heterocycles. The van der Waals surface area contributed by atoms with Gasteiger partial charge >= 0.3 is 0 Å². The third kappa shape index (κ3) is 5.05. The van der Waals surface area contributed by atoms with Crippen molar-refractivity contribution < 1.29 is 5.11 Å². The van der Waals surface area contributed by atoms with Gasteiger partial charge in [-0.25, -0.2) is 0 Å². The predicted molar refractivity (Wildman–Crippen MR) is 68.4 cm³/mol. The van der Waals surface area contributed by atoms with Crippen LogP contribution in [0, 0.1) is 0 Å². The molecule has 15 heavy (non-hydrogen) atoms. The Hall–Kier alpha value is 0.0100. The molecule has 1 rings (SSSR count). The van der Waals surface area contributed by atoms with Crippen LogP contribution in [-0.4, -0.2) is 34.8 Å². The molecule has 1 saturated heterocycles. The molecule has 1 unspecified atom stereocenters. The molecule has 0 bridgehead atoms. The van der Waals surface area contributed by atoms with Crippen molar-refractivity contribution in [2.24, 2.45) is 0 Å². The highest BCUT2D eigenvalue weighted by Gasteiger charge is 2.29. The molecule has 0 spiro atoms. The van der Waals surface area contributed by atoms with Gasteiger partial charge < -0.3 is 10.4 Å². The van der Waals surface area contributed by atoms with Crippen molar-refractivity contribution in [3.05, 3.63) is 12.7 Å². The molecular formula is C12H23NOS. The maximum Gasteiger partial charge on any atom is 0.0787 e. The number of allylic oxidation sites excluding steroid dienone is 1. The van der Waals surface area contributed by atoms with Crippen molar-refractivity contribution >= 4 is 11.8 Å².